The van der Waals surface area contributed by atoms with Crippen LogP contribution in [-0.4, -0.2) is 29.6 Å². The molecule has 0 radical (unpaired) electrons. The van der Waals surface area contributed by atoms with Crippen molar-refractivity contribution in [1.82, 2.24) is 14.1 Å². The summed E-state index contributed by atoms with van der Waals surface area (Å²) in [6.45, 7) is 4.01. The number of halogens is 1. The topological polar surface area (TPSA) is 55.2 Å². The van der Waals surface area contributed by atoms with Crippen LogP contribution < -0.4 is 0 Å². The first-order chi connectivity index (χ1) is 10.3. The van der Waals surface area contributed by atoms with Crippen molar-refractivity contribution in [2.75, 3.05) is 7.05 Å². The molecule has 0 aliphatic heterocycles. The lowest BCUT2D eigenvalue weighted by molar-refractivity contribution is 0.466. The van der Waals surface area contributed by atoms with Crippen LogP contribution in [0.15, 0.2) is 29.2 Å². The van der Waals surface area contributed by atoms with E-state index in [1.807, 2.05) is 24.3 Å². The van der Waals surface area contributed by atoms with Crippen molar-refractivity contribution in [3.63, 3.8) is 0 Å². The molecule has 0 fully saturated rings. The molecule has 0 saturated heterocycles. The second-order valence-electron chi connectivity index (χ2n) is 5.26. The summed E-state index contributed by atoms with van der Waals surface area (Å²) in [5, 5.41) is 4.20. The zero-order chi connectivity index (χ0) is 16.5. The molecular formula is C15H20ClN3O2S. The molecule has 0 saturated carbocycles. The molecule has 1 heterocycles. The third-order valence-electron chi connectivity index (χ3n) is 3.60. The van der Waals surface area contributed by atoms with Gasteiger partial charge in [-0.15, -0.1) is 0 Å². The normalized spacial score (nSPS) is 12.1. The number of aromatic nitrogens is 2. The monoisotopic (exact) mass is 341 g/mol. The van der Waals surface area contributed by atoms with Gasteiger partial charge in [0.25, 0.3) is 0 Å². The molecule has 22 heavy (non-hydrogen) atoms. The van der Waals surface area contributed by atoms with Crippen LogP contribution >= 0.6 is 11.6 Å². The lowest BCUT2D eigenvalue weighted by atomic mass is 10.1. The van der Waals surface area contributed by atoms with Crippen molar-refractivity contribution >= 4 is 21.6 Å². The Morgan fingerprint density at radius 1 is 1.23 bits per heavy atom. The maximum atomic E-state index is 12.7. The lowest BCUT2D eigenvalue weighted by Crippen LogP contribution is -2.27. The molecule has 120 valence electrons. The van der Waals surface area contributed by atoms with Crippen molar-refractivity contribution in [2.45, 2.75) is 31.7 Å². The molecule has 1 aromatic carbocycles. The Morgan fingerprint density at radius 3 is 2.23 bits per heavy atom. The Morgan fingerprint density at radius 2 is 1.77 bits per heavy atom. The number of hydrogen-bond acceptors (Lipinski definition) is 3. The molecular weight excluding hydrogens is 322 g/mol. The molecule has 0 amide bonds. The van der Waals surface area contributed by atoms with E-state index in [-0.39, 0.29) is 16.6 Å². The number of rotatable bonds is 5. The third-order valence-corrected chi connectivity index (χ3v) is 6.10. The van der Waals surface area contributed by atoms with Crippen LogP contribution in [0.5, 0.6) is 0 Å². The van der Waals surface area contributed by atoms with Gasteiger partial charge in [-0.3, -0.25) is 4.68 Å². The highest BCUT2D eigenvalue weighted by atomic mass is 35.5. The second-order valence-corrected chi connectivity index (χ2v) is 7.60. The highest BCUT2D eigenvalue weighted by molar-refractivity contribution is 7.89. The number of aryl methyl sites for hydroxylation is 3. The highest BCUT2D eigenvalue weighted by Crippen LogP contribution is 2.27. The van der Waals surface area contributed by atoms with Crippen molar-refractivity contribution < 1.29 is 8.42 Å². The fourth-order valence-corrected chi connectivity index (χ4v) is 4.14. The van der Waals surface area contributed by atoms with Crippen molar-refractivity contribution in [2.24, 2.45) is 7.05 Å². The Labute approximate surface area is 136 Å². The highest BCUT2D eigenvalue weighted by Gasteiger charge is 2.29. The SMILES string of the molecule is CCc1ccc(CN(C)S(=O)(=O)c2c(C)nn(C)c2Cl)cc1. The fraction of sp³-hybridized carbons (Fsp3) is 0.400. The first-order valence-electron chi connectivity index (χ1n) is 7.00. The van der Waals surface area contributed by atoms with Gasteiger partial charge in [-0.2, -0.15) is 9.40 Å². The zero-order valence-corrected chi connectivity index (χ0v) is 14.7. The summed E-state index contributed by atoms with van der Waals surface area (Å²) in [6, 6.07) is 7.92. The second kappa shape index (κ2) is 6.40. The number of hydrogen-bond donors (Lipinski definition) is 0. The maximum Gasteiger partial charge on any atom is 0.248 e. The molecule has 2 rings (SSSR count). The van der Waals surface area contributed by atoms with Gasteiger partial charge in [0.1, 0.15) is 10.0 Å². The maximum absolute atomic E-state index is 12.7. The Bertz CT molecular complexity index is 767. The van der Waals surface area contributed by atoms with Gasteiger partial charge in [0.2, 0.25) is 10.0 Å². The summed E-state index contributed by atoms with van der Waals surface area (Å²) in [5.74, 6) is 0. The van der Waals surface area contributed by atoms with Gasteiger partial charge in [0.15, 0.2) is 0 Å². The molecule has 0 bridgehead atoms. The molecule has 0 unspecified atom stereocenters. The van der Waals surface area contributed by atoms with Gasteiger partial charge >= 0.3 is 0 Å². The average Bonchev–Trinajstić information content (AvgIpc) is 2.73. The van der Waals surface area contributed by atoms with Crippen LogP contribution in [0.1, 0.15) is 23.7 Å². The molecule has 0 aliphatic carbocycles. The van der Waals surface area contributed by atoms with E-state index in [1.54, 1.807) is 21.0 Å². The zero-order valence-electron chi connectivity index (χ0n) is 13.2. The minimum absolute atomic E-state index is 0.0735. The van der Waals surface area contributed by atoms with Crippen molar-refractivity contribution in [3.8, 4) is 0 Å². The summed E-state index contributed by atoms with van der Waals surface area (Å²) >= 11 is 6.08. The van der Waals surface area contributed by atoms with Gasteiger partial charge < -0.3 is 0 Å². The van der Waals surface area contributed by atoms with E-state index in [2.05, 4.69) is 12.0 Å². The fourth-order valence-electron chi connectivity index (χ4n) is 2.28. The van der Waals surface area contributed by atoms with Crippen LogP contribution in [0.25, 0.3) is 0 Å². The van der Waals surface area contributed by atoms with Gasteiger partial charge in [0.05, 0.1) is 5.69 Å². The minimum atomic E-state index is -3.68. The van der Waals surface area contributed by atoms with Gasteiger partial charge in [0, 0.05) is 20.6 Å². The van der Waals surface area contributed by atoms with Crippen molar-refractivity contribution in [3.05, 3.63) is 46.2 Å². The largest absolute Gasteiger partial charge is 0.255 e. The summed E-state index contributed by atoms with van der Waals surface area (Å²) in [6.07, 6.45) is 0.957. The summed E-state index contributed by atoms with van der Waals surface area (Å²) in [7, 11) is -0.505. The molecule has 2 aromatic rings. The predicted molar refractivity (Wildman–Crippen MR) is 87.4 cm³/mol. The molecule has 7 heteroatoms. The van der Waals surface area contributed by atoms with E-state index in [1.165, 1.54) is 14.6 Å². The quantitative estimate of drug-likeness (QED) is 0.840. The Balaban J connectivity index is 2.28. The third kappa shape index (κ3) is 3.19. The molecule has 0 N–H and O–H groups in total. The molecule has 5 nitrogen and oxygen atoms in total. The van der Waals surface area contributed by atoms with E-state index in [4.69, 9.17) is 11.6 Å². The standard InChI is InChI=1S/C15H20ClN3O2S/c1-5-12-6-8-13(9-7-12)10-18(3)22(20,21)14-11(2)17-19(4)15(14)16/h6-9H,5,10H2,1-4H3. The van der Waals surface area contributed by atoms with Gasteiger partial charge in [-0.05, 0) is 24.5 Å². The van der Waals surface area contributed by atoms with E-state index in [9.17, 15) is 8.42 Å². The number of sulfonamides is 1. The Kier molecular flexibility index (Phi) is 4.94. The van der Waals surface area contributed by atoms with Crippen LogP contribution in [0, 0.1) is 6.92 Å². The molecule has 0 aliphatic rings. The molecule has 1 aromatic heterocycles. The molecule has 0 atom stereocenters. The van der Waals surface area contributed by atoms with Crippen LogP contribution in [0.3, 0.4) is 0 Å². The summed E-state index contributed by atoms with van der Waals surface area (Å²) in [5.41, 5.74) is 2.56. The van der Waals surface area contributed by atoms with E-state index >= 15 is 0 Å². The van der Waals surface area contributed by atoms with Gasteiger partial charge in [-0.25, -0.2) is 8.42 Å². The first kappa shape index (κ1) is 17.0. The van der Waals surface area contributed by atoms with Crippen molar-refractivity contribution in [1.29, 1.82) is 0 Å². The van der Waals surface area contributed by atoms with Crippen LogP contribution in [0.4, 0.5) is 0 Å². The number of nitrogens with zero attached hydrogens (tertiary/aromatic N) is 3. The summed E-state index contributed by atoms with van der Waals surface area (Å²) in [4.78, 5) is 0.0735. The van der Waals surface area contributed by atoms with Crippen LogP contribution in [0.2, 0.25) is 5.15 Å². The molecule has 0 spiro atoms. The Hall–Kier alpha value is -1.37. The van der Waals surface area contributed by atoms with Gasteiger partial charge in [-0.1, -0.05) is 42.8 Å². The average molecular weight is 342 g/mol. The van der Waals surface area contributed by atoms with E-state index < -0.39 is 10.0 Å². The van der Waals surface area contributed by atoms with Crippen LogP contribution in [-0.2, 0) is 30.0 Å². The smallest absolute Gasteiger partial charge is 0.248 e. The summed E-state index contributed by atoms with van der Waals surface area (Å²) < 4.78 is 28.1. The first-order valence-corrected chi connectivity index (χ1v) is 8.82. The minimum Gasteiger partial charge on any atom is -0.255 e. The van der Waals surface area contributed by atoms with E-state index in [0.29, 0.717) is 5.69 Å². The lowest BCUT2D eigenvalue weighted by Gasteiger charge is -2.17. The predicted octanol–water partition coefficient (Wildman–Crippen LogP) is 2.77. The number of benzene rings is 1. The van der Waals surface area contributed by atoms with E-state index in [0.717, 1.165) is 12.0 Å².